The summed E-state index contributed by atoms with van der Waals surface area (Å²) in [4.78, 5) is 11.4. The van der Waals surface area contributed by atoms with E-state index in [-0.39, 0.29) is 5.69 Å². The van der Waals surface area contributed by atoms with Crippen molar-refractivity contribution >= 4 is 31.6 Å². The molecule has 0 atom stereocenters. The Hall–Kier alpha value is -1.67. The number of rotatable bonds is 3. The first-order valence-corrected chi connectivity index (χ1v) is 8.13. The Labute approximate surface area is 129 Å². The Kier molecular flexibility index (Phi) is 4.20. The molecule has 0 spiro atoms. The fourth-order valence-corrected chi connectivity index (χ4v) is 3.41. The zero-order chi connectivity index (χ0) is 15.8. The number of halogens is 2. The zero-order valence-corrected chi connectivity index (χ0v) is 13.6. The summed E-state index contributed by atoms with van der Waals surface area (Å²) < 4.78 is 42.0. The third-order valence-electron chi connectivity index (χ3n) is 2.77. The molecule has 1 aromatic carbocycles. The number of hydrogen-bond acceptors (Lipinski definition) is 3. The number of nitrogens with one attached hydrogen (secondary N) is 1. The molecule has 21 heavy (non-hydrogen) atoms. The average molecular weight is 375 g/mol. The van der Waals surface area contributed by atoms with Crippen molar-refractivity contribution in [3.8, 4) is 0 Å². The van der Waals surface area contributed by atoms with Gasteiger partial charge in [-0.3, -0.25) is 9.52 Å². The molecule has 0 radical (unpaired) electrons. The predicted molar refractivity (Wildman–Crippen MR) is 81.3 cm³/mol. The minimum absolute atomic E-state index is 0.160. The standard InChI is InChI=1S/C13H12BrFN2O3S/c1-8-3-4-12(10(15)5-8)21(19,20)16-11-6-9(14)7-17(2)13(11)18/h3-7,16H,1-2H3. The molecular weight excluding hydrogens is 363 g/mol. The van der Waals surface area contributed by atoms with Gasteiger partial charge < -0.3 is 4.57 Å². The molecule has 0 unspecified atom stereocenters. The number of aromatic nitrogens is 1. The third kappa shape index (κ3) is 3.33. The molecule has 8 heteroatoms. The molecule has 2 rings (SSSR count). The van der Waals surface area contributed by atoms with E-state index in [1.807, 2.05) is 0 Å². The van der Waals surface area contributed by atoms with Crippen molar-refractivity contribution in [2.24, 2.45) is 7.05 Å². The fraction of sp³-hybridized carbons (Fsp3) is 0.154. The first kappa shape index (κ1) is 15.7. The Morgan fingerprint density at radius 2 is 1.95 bits per heavy atom. The van der Waals surface area contributed by atoms with E-state index in [4.69, 9.17) is 0 Å². The first-order chi connectivity index (χ1) is 9.70. The van der Waals surface area contributed by atoms with Crippen LogP contribution in [-0.4, -0.2) is 13.0 Å². The molecular formula is C13H12BrFN2O3S. The number of anilines is 1. The van der Waals surface area contributed by atoms with E-state index in [9.17, 15) is 17.6 Å². The summed E-state index contributed by atoms with van der Waals surface area (Å²) in [5.41, 5.74) is -0.0917. The van der Waals surface area contributed by atoms with E-state index in [0.29, 0.717) is 10.0 Å². The molecule has 0 amide bonds. The number of pyridine rings is 1. The van der Waals surface area contributed by atoms with Crippen molar-refractivity contribution in [1.82, 2.24) is 4.57 Å². The van der Waals surface area contributed by atoms with Gasteiger partial charge in [-0.1, -0.05) is 6.07 Å². The number of hydrogen-bond donors (Lipinski definition) is 1. The molecule has 0 fully saturated rings. The molecule has 2 aromatic rings. The molecule has 0 aliphatic carbocycles. The van der Waals surface area contributed by atoms with E-state index in [2.05, 4.69) is 20.7 Å². The second kappa shape index (κ2) is 5.61. The fourth-order valence-electron chi connectivity index (χ4n) is 1.77. The van der Waals surface area contributed by atoms with Gasteiger partial charge in [0, 0.05) is 17.7 Å². The molecule has 0 bridgehead atoms. The molecule has 0 saturated heterocycles. The Morgan fingerprint density at radius 1 is 1.29 bits per heavy atom. The molecule has 1 aromatic heterocycles. The van der Waals surface area contributed by atoms with Gasteiger partial charge in [-0.2, -0.15) is 0 Å². The van der Waals surface area contributed by atoms with Crippen molar-refractivity contribution in [2.75, 3.05) is 4.72 Å². The van der Waals surface area contributed by atoms with Crippen LogP contribution in [0.15, 0.2) is 44.6 Å². The van der Waals surface area contributed by atoms with Crippen LogP contribution in [0.3, 0.4) is 0 Å². The van der Waals surface area contributed by atoms with Crippen LogP contribution in [0.25, 0.3) is 0 Å². The van der Waals surface area contributed by atoms with Crippen molar-refractivity contribution in [3.63, 3.8) is 0 Å². The largest absolute Gasteiger partial charge is 0.316 e. The van der Waals surface area contributed by atoms with Crippen LogP contribution in [0.1, 0.15) is 5.56 Å². The highest BCUT2D eigenvalue weighted by Crippen LogP contribution is 2.19. The molecule has 0 saturated carbocycles. The highest BCUT2D eigenvalue weighted by molar-refractivity contribution is 9.10. The van der Waals surface area contributed by atoms with Crippen LogP contribution < -0.4 is 10.3 Å². The number of aryl methyl sites for hydroxylation is 2. The molecule has 0 aliphatic heterocycles. The quantitative estimate of drug-likeness (QED) is 0.896. The van der Waals surface area contributed by atoms with Crippen LogP contribution in [0.4, 0.5) is 10.1 Å². The maximum atomic E-state index is 13.8. The Morgan fingerprint density at radius 3 is 2.57 bits per heavy atom. The van der Waals surface area contributed by atoms with Gasteiger partial charge >= 0.3 is 0 Å². The summed E-state index contributed by atoms with van der Waals surface area (Å²) in [7, 11) is -2.69. The first-order valence-electron chi connectivity index (χ1n) is 5.86. The van der Waals surface area contributed by atoms with Crippen molar-refractivity contribution in [3.05, 3.63) is 56.7 Å². The van der Waals surface area contributed by atoms with E-state index in [1.165, 1.54) is 29.9 Å². The lowest BCUT2D eigenvalue weighted by Crippen LogP contribution is -2.24. The second-order valence-corrected chi connectivity index (χ2v) is 7.09. The number of nitrogens with zero attached hydrogens (tertiary/aromatic N) is 1. The lowest BCUT2D eigenvalue weighted by molar-refractivity contribution is 0.569. The van der Waals surface area contributed by atoms with E-state index >= 15 is 0 Å². The van der Waals surface area contributed by atoms with Crippen LogP contribution in [-0.2, 0) is 17.1 Å². The van der Waals surface area contributed by atoms with Gasteiger partial charge in [0.05, 0.1) is 0 Å². The monoisotopic (exact) mass is 374 g/mol. The minimum Gasteiger partial charge on any atom is -0.316 e. The van der Waals surface area contributed by atoms with Gasteiger partial charge in [0.15, 0.2) is 0 Å². The van der Waals surface area contributed by atoms with Crippen LogP contribution in [0.5, 0.6) is 0 Å². The van der Waals surface area contributed by atoms with E-state index < -0.39 is 26.3 Å². The Bertz CT molecular complexity index is 862. The topological polar surface area (TPSA) is 68.2 Å². The SMILES string of the molecule is Cc1ccc(S(=O)(=O)Nc2cc(Br)cn(C)c2=O)c(F)c1. The normalized spacial score (nSPS) is 11.4. The summed E-state index contributed by atoms with van der Waals surface area (Å²) in [6.07, 6.45) is 1.49. The van der Waals surface area contributed by atoms with Gasteiger partial charge in [-0.15, -0.1) is 0 Å². The number of benzene rings is 1. The van der Waals surface area contributed by atoms with Gasteiger partial charge in [0.25, 0.3) is 15.6 Å². The van der Waals surface area contributed by atoms with Crippen molar-refractivity contribution < 1.29 is 12.8 Å². The van der Waals surface area contributed by atoms with Gasteiger partial charge in [0.1, 0.15) is 16.4 Å². The minimum atomic E-state index is -4.18. The molecule has 5 nitrogen and oxygen atoms in total. The second-order valence-electron chi connectivity index (χ2n) is 4.53. The van der Waals surface area contributed by atoms with E-state index in [1.54, 1.807) is 6.92 Å². The van der Waals surface area contributed by atoms with Gasteiger partial charge in [-0.05, 0) is 46.6 Å². The summed E-state index contributed by atoms with van der Waals surface area (Å²) in [5, 5.41) is 0. The third-order valence-corrected chi connectivity index (χ3v) is 4.60. The zero-order valence-electron chi connectivity index (χ0n) is 11.2. The highest BCUT2D eigenvalue weighted by atomic mass is 79.9. The summed E-state index contributed by atoms with van der Waals surface area (Å²) in [5.74, 6) is -0.866. The van der Waals surface area contributed by atoms with Crippen molar-refractivity contribution in [1.29, 1.82) is 0 Å². The Balaban J connectivity index is 2.50. The van der Waals surface area contributed by atoms with E-state index in [0.717, 1.165) is 12.1 Å². The predicted octanol–water partition coefficient (Wildman–Crippen LogP) is 2.40. The van der Waals surface area contributed by atoms with Crippen molar-refractivity contribution in [2.45, 2.75) is 11.8 Å². The highest BCUT2D eigenvalue weighted by Gasteiger charge is 2.20. The van der Waals surface area contributed by atoms with Crippen LogP contribution in [0.2, 0.25) is 0 Å². The summed E-state index contributed by atoms with van der Waals surface area (Å²) in [6.45, 7) is 1.65. The van der Waals surface area contributed by atoms with Crippen LogP contribution >= 0.6 is 15.9 Å². The average Bonchev–Trinajstić information content (AvgIpc) is 2.34. The molecule has 1 heterocycles. The smallest absolute Gasteiger partial charge is 0.274 e. The molecule has 0 aliphatic rings. The van der Waals surface area contributed by atoms with Gasteiger partial charge in [0.2, 0.25) is 0 Å². The number of sulfonamides is 1. The lowest BCUT2D eigenvalue weighted by Gasteiger charge is -2.10. The summed E-state index contributed by atoms with van der Waals surface area (Å²) >= 11 is 3.17. The summed E-state index contributed by atoms with van der Waals surface area (Å²) in [6, 6.07) is 5.09. The van der Waals surface area contributed by atoms with Gasteiger partial charge in [-0.25, -0.2) is 12.8 Å². The maximum Gasteiger partial charge on any atom is 0.274 e. The molecule has 1 N–H and O–H groups in total. The van der Waals surface area contributed by atoms with Crippen LogP contribution in [0, 0.1) is 12.7 Å². The lowest BCUT2D eigenvalue weighted by atomic mass is 10.2. The molecule has 112 valence electrons. The maximum absolute atomic E-state index is 13.8.